The molecule has 2 nitrogen and oxygen atoms in total. The zero-order chi connectivity index (χ0) is 13.8. The average Bonchev–Trinajstić information content (AvgIpc) is 2.75. The maximum Gasteiger partial charge on any atom is 0.119 e. The van der Waals surface area contributed by atoms with Gasteiger partial charge in [0.2, 0.25) is 0 Å². The van der Waals surface area contributed by atoms with Gasteiger partial charge in [0.15, 0.2) is 0 Å². The lowest BCUT2D eigenvalue weighted by atomic mass is 10.0. The van der Waals surface area contributed by atoms with E-state index in [2.05, 4.69) is 55.4 Å². The molecule has 1 N–H and O–H groups in total. The molecule has 102 valence electrons. The number of rotatable bonds is 5. The number of benzene rings is 1. The zero-order valence-corrected chi connectivity index (χ0v) is 14.7. The van der Waals surface area contributed by atoms with Crippen molar-refractivity contribution >= 4 is 43.2 Å². The number of nitrogens with one attached hydrogen (secondary N) is 1. The van der Waals surface area contributed by atoms with Crippen LogP contribution in [0.5, 0.6) is 5.75 Å². The normalized spacial score (nSPS) is 12.4. The minimum absolute atomic E-state index is 0.282. The maximum atomic E-state index is 5.27. The molecule has 0 aliphatic rings. The van der Waals surface area contributed by atoms with Gasteiger partial charge in [-0.3, -0.25) is 0 Å². The van der Waals surface area contributed by atoms with E-state index in [1.165, 1.54) is 14.9 Å². The lowest BCUT2D eigenvalue weighted by Gasteiger charge is -2.16. The van der Waals surface area contributed by atoms with Crippen molar-refractivity contribution < 1.29 is 4.74 Å². The van der Waals surface area contributed by atoms with E-state index in [1.807, 2.05) is 19.2 Å². The van der Waals surface area contributed by atoms with E-state index in [0.717, 1.165) is 16.0 Å². The Labute approximate surface area is 134 Å². The third-order valence-corrected chi connectivity index (χ3v) is 5.37. The van der Waals surface area contributed by atoms with Crippen molar-refractivity contribution in [3.63, 3.8) is 0 Å². The Morgan fingerprint density at radius 3 is 2.68 bits per heavy atom. The average molecular weight is 405 g/mol. The summed E-state index contributed by atoms with van der Waals surface area (Å²) < 4.78 is 7.58. The predicted octanol–water partition coefficient (Wildman–Crippen LogP) is 4.78. The second-order valence-electron chi connectivity index (χ2n) is 4.18. The molecule has 1 aromatic carbocycles. The summed E-state index contributed by atoms with van der Waals surface area (Å²) >= 11 is 8.85. The third-order valence-electron chi connectivity index (χ3n) is 2.98. The molecule has 0 aliphatic heterocycles. The van der Waals surface area contributed by atoms with Crippen molar-refractivity contribution in [2.75, 3.05) is 14.2 Å². The Morgan fingerprint density at radius 1 is 1.32 bits per heavy atom. The molecular weight excluding hydrogens is 390 g/mol. The van der Waals surface area contributed by atoms with Crippen molar-refractivity contribution in [1.29, 1.82) is 0 Å². The Kier molecular flexibility index (Phi) is 5.45. The minimum atomic E-state index is 0.282. The number of hydrogen-bond donors (Lipinski definition) is 1. The molecule has 0 radical (unpaired) electrons. The molecule has 0 amide bonds. The van der Waals surface area contributed by atoms with Crippen molar-refractivity contribution in [3.05, 3.63) is 49.0 Å². The Hall–Kier alpha value is -0.360. The van der Waals surface area contributed by atoms with Gasteiger partial charge < -0.3 is 10.1 Å². The third kappa shape index (κ3) is 3.81. The second-order valence-corrected chi connectivity index (χ2v) is 7.93. The molecule has 1 atom stereocenters. The summed E-state index contributed by atoms with van der Waals surface area (Å²) in [5.74, 6) is 0.901. The fraction of sp³-hybridized carbons (Fsp3) is 0.286. The lowest BCUT2D eigenvalue weighted by molar-refractivity contribution is 0.414. The van der Waals surface area contributed by atoms with Gasteiger partial charge in [-0.2, -0.15) is 0 Å². The smallest absolute Gasteiger partial charge is 0.119 e. The van der Waals surface area contributed by atoms with E-state index in [0.29, 0.717) is 0 Å². The van der Waals surface area contributed by atoms with E-state index in [-0.39, 0.29) is 6.04 Å². The highest BCUT2D eigenvalue weighted by Crippen LogP contribution is 2.36. The van der Waals surface area contributed by atoms with Gasteiger partial charge in [-0.1, -0.05) is 12.1 Å². The summed E-state index contributed by atoms with van der Waals surface area (Å²) in [4.78, 5) is 0. The van der Waals surface area contributed by atoms with E-state index >= 15 is 0 Å². The van der Waals surface area contributed by atoms with E-state index in [4.69, 9.17) is 4.74 Å². The summed E-state index contributed by atoms with van der Waals surface area (Å²) in [5.41, 5.74) is 2.54. The van der Waals surface area contributed by atoms with Gasteiger partial charge in [-0.05, 0) is 74.7 Å². The Balaban J connectivity index is 2.21. The first kappa shape index (κ1) is 15.0. The topological polar surface area (TPSA) is 21.3 Å². The fourth-order valence-electron chi connectivity index (χ4n) is 1.99. The lowest BCUT2D eigenvalue weighted by Crippen LogP contribution is -2.18. The van der Waals surface area contributed by atoms with Crippen molar-refractivity contribution in [1.82, 2.24) is 5.32 Å². The van der Waals surface area contributed by atoms with Crippen LogP contribution in [0.15, 0.2) is 37.9 Å². The summed E-state index contributed by atoms with van der Waals surface area (Å²) in [6.45, 7) is 0. The minimum Gasteiger partial charge on any atom is -0.497 e. The van der Waals surface area contributed by atoms with Crippen LogP contribution in [-0.4, -0.2) is 14.2 Å². The molecular formula is C14H15Br2NOS. The van der Waals surface area contributed by atoms with Gasteiger partial charge in [0.05, 0.1) is 14.7 Å². The van der Waals surface area contributed by atoms with Crippen molar-refractivity contribution in [3.8, 4) is 5.75 Å². The van der Waals surface area contributed by atoms with E-state index in [9.17, 15) is 0 Å². The molecule has 19 heavy (non-hydrogen) atoms. The molecule has 0 fully saturated rings. The van der Waals surface area contributed by atoms with E-state index < -0.39 is 0 Å². The van der Waals surface area contributed by atoms with Crippen LogP contribution in [-0.2, 0) is 6.42 Å². The van der Waals surface area contributed by atoms with E-state index in [1.54, 1.807) is 18.4 Å². The van der Waals surface area contributed by atoms with Crippen LogP contribution in [0.1, 0.15) is 17.2 Å². The van der Waals surface area contributed by atoms with Gasteiger partial charge >= 0.3 is 0 Å². The van der Waals surface area contributed by atoms with Crippen LogP contribution in [0.25, 0.3) is 0 Å². The van der Waals surface area contributed by atoms with Gasteiger partial charge in [0.1, 0.15) is 5.75 Å². The molecule has 0 aliphatic carbocycles. The van der Waals surface area contributed by atoms with Gasteiger partial charge in [0, 0.05) is 6.04 Å². The molecule has 0 spiro atoms. The fourth-order valence-corrected chi connectivity index (χ4v) is 4.97. The molecule has 2 aromatic rings. The molecule has 5 heteroatoms. The number of halogens is 2. The largest absolute Gasteiger partial charge is 0.497 e. The standard InChI is InChI=1S/C14H15Br2NOS/c1-17-12(11-8-13(15)19-14(11)16)7-9-4-3-5-10(6-9)18-2/h3-6,8,12,17H,7H2,1-2H3. The number of thiophene rings is 1. The molecule has 1 unspecified atom stereocenters. The van der Waals surface area contributed by atoms with Crippen LogP contribution >= 0.6 is 43.2 Å². The van der Waals surface area contributed by atoms with Gasteiger partial charge in [0.25, 0.3) is 0 Å². The number of ether oxygens (including phenoxy) is 1. The van der Waals surface area contributed by atoms with Crippen LogP contribution in [0.4, 0.5) is 0 Å². The summed E-state index contributed by atoms with van der Waals surface area (Å²) in [6, 6.07) is 10.6. The van der Waals surface area contributed by atoms with Crippen LogP contribution in [0.3, 0.4) is 0 Å². The summed E-state index contributed by atoms with van der Waals surface area (Å²) in [7, 11) is 3.68. The molecule has 1 aromatic heterocycles. The van der Waals surface area contributed by atoms with Crippen LogP contribution < -0.4 is 10.1 Å². The Morgan fingerprint density at radius 2 is 2.11 bits per heavy atom. The SMILES string of the molecule is CNC(Cc1cccc(OC)c1)c1cc(Br)sc1Br. The first-order valence-electron chi connectivity index (χ1n) is 5.89. The highest BCUT2D eigenvalue weighted by molar-refractivity contribution is 9.12. The highest BCUT2D eigenvalue weighted by atomic mass is 79.9. The molecule has 2 rings (SSSR count). The monoisotopic (exact) mass is 403 g/mol. The summed E-state index contributed by atoms with van der Waals surface area (Å²) in [6.07, 6.45) is 0.926. The van der Waals surface area contributed by atoms with Gasteiger partial charge in [-0.15, -0.1) is 11.3 Å². The second kappa shape index (κ2) is 6.88. The van der Waals surface area contributed by atoms with Gasteiger partial charge in [-0.25, -0.2) is 0 Å². The first-order valence-corrected chi connectivity index (χ1v) is 8.29. The zero-order valence-electron chi connectivity index (χ0n) is 10.7. The quantitative estimate of drug-likeness (QED) is 0.773. The Bertz CT molecular complexity index is 556. The predicted molar refractivity (Wildman–Crippen MR) is 88.2 cm³/mol. The van der Waals surface area contributed by atoms with Crippen LogP contribution in [0.2, 0.25) is 0 Å². The first-order chi connectivity index (χ1) is 9.13. The molecule has 0 saturated heterocycles. The highest BCUT2D eigenvalue weighted by Gasteiger charge is 2.16. The number of methoxy groups -OCH3 is 1. The van der Waals surface area contributed by atoms with Crippen LogP contribution in [0, 0.1) is 0 Å². The van der Waals surface area contributed by atoms with Crippen molar-refractivity contribution in [2.24, 2.45) is 0 Å². The number of hydrogen-bond acceptors (Lipinski definition) is 3. The molecule has 0 saturated carbocycles. The molecule has 1 heterocycles. The molecule has 0 bridgehead atoms. The van der Waals surface area contributed by atoms with Crippen molar-refractivity contribution in [2.45, 2.75) is 12.5 Å². The summed E-state index contributed by atoms with van der Waals surface area (Å²) in [5, 5.41) is 3.37. The number of likely N-dealkylation sites (N-methyl/N-ethyl adjacent to an activating group) is 1. The maximum absolute atomic E-state index is 5.27.